The van der Waals surface area contributed by atoms with E-state index in [1.54, 1.807) is 13.0 Å². The van der Waals surface area contributed by atoms with Crippen molar-refractivity contribution < 1.29 is 27.1 Å². The molecule has 0 aliphatic heterocycles. The van der Waals surface area contributed by atoms with E-state index in [9.17, 15) is 22.4 Å². The van der Waals surface area contributed by atoms with Gasteiger partial charge >= 0.3 is 5.97 Å². The molecule has 10 heteroatoms. The van der Waals surface area contributed by atoms with E-state index < -0.39 is 32.3 Å². The lowest BCUT2D eigenvalue weighted by Crippen LogP contribution is -2.35. The molecule has 1 atom stereocenters. The van der Waals surface area contributed by atoms with Crippen molar-refractivity contribution in [2.45, 2.75) is 38.0 Å². The summed E-state index contributed by atoms with van der Waals surface area (Å²) in [5, 5.41) is 0.736. The van der Waals surface area contributed by atoms with Gasteiger partial charge in [-0.15, -0.1) is 0 Å². The number of thiol groups is 1. The summed E-state index contributed by atoms with van der Waals surface area (Å²) in [7, 11) is -4.05. The van der Waals surface area contributed by atoms with Crippen molar-refractivity contribution in [3.63, 3.8) is 0 Å². The fraction of sp³-hybridized carbons (Fsp3) is 0.412. The Morgan fingerprint density at radius 1 is 1.37 bits per heavy atom. The van der Waals surface area contributed by atoms with Crippen LogP contribution in [0.1, 0.15) is 31.7 Å². The van der Waals surface area contributed by atoms with Crippen LogP contribution >= 0.6 is 12.6 Å². The van der Waals surface area contributed by atoms with Crippen molar-refractivity contribution in [2.75, 3.05) is 11.3 Å². The zero-order chi connectivity index (χ0) is 20.0. The predicted molar refractivity (Wildman–Crippen MR) is 103 cm³/mol. The number of hydrogen-bond donors (Lipinski definition) is 3. The van der Waals surface area contributed by atoms with Crippen molar-refractivity contribution in [3.05, 3.63) is 41.2 Å². The Kier molecular flexibility index (Phi) is 7.25. The number of allylic oxidation sites excluding steroid dienone is 1. The van der Waals surface area contributed by atoms with E-state index >= 15 is 0 Å². The summed E-state index contributed by atoms with van der Waals surface area (Å²) < 4.78 is 46.9. The molecule has 2 rings (SSSR count). The molecule has 148 valence electrons. The van der Waals surface area contributed by atoms with Crippen LogP contribution in [0.2, 0.25) is 0 Å². The fourth-order valence-corrected chi connectivity index (χ4v) is 4.45. The predicted octanol–water partition coefficient (Wildman–Crippen LogP) is 2.75. The second-order valence-electron chi connectivity index (χ2n) is 5.92. The first-order valence-corrected chi connectivity index (χ1v) is 10.4. The molecule has 1 aliphatic carbocycles. The minimum absolute atomic E-state index is 0.0602. The normalized spacial score (nSPS) is 17.0. The fourth-order valence-electron chi connectivity index (χ4n) is 2.75. The first-order valence-electron chi connectivity index (χ1n) is 8.38. The molecule has 7 nitrogen and oxygen atoms in total. The van der Waals surface area contributed by atoms with Gasteiger partial charge in [0.15, 0.2) is 0 Å². The lowest BCUT2D eigenvalue weighted by atomic mass is 9.99. The number of carbonyl (C=O) groups is 2. The first kappa shape index (κ1) is 21.2. The number of carbonyl (C=O) groups excluding carboxylic acids is 2. The molecule has 0 saturated carbocycles. The van der Waals surface area contributed by atoms with Gasteiger partial charge in [0, 0.05) is 6.54 Å². The lowest BCUT2D eigenvalue weighted by molar-refractivity contribution is -0.138. The highest BCUT2D eigenvalue weighted by Gasteiger charge is 2.35. The van der Waals surface area contributed by atoms with Gasteiger partial charge in [-0.3, -0.25) is 9.52 Å². The Labute approximate surface area is 162 Å². The number of halogens is 1. The second kappa shape index (κ2) is 9.23. The van der Waals surface area contributed by atoms with Gasteiger partial charge in [0.2, 0.25) is 10.0 Å². The van der Waals surface area contributed by atoms with E-state index in [2.05, 4.69) is 22.7 Å². The molecule has 0 radical (unpaired) electrons. The minimum atomic E-state index is -4.05. The van der Waals surface area contributed by atoms with Crippen molar-refractivity contribution in [2.24, 2.45) is 0 Å². The summed E-state index contributed by atoms with van der Waals surface area (Å²) >= 11 is 3.55. The highest BCUT2D eigenvalue weighted by atomic mass is 32.2. The molecule has 0 heterocycles. The third-order valence-corrected chi connectivity index (χ3v) is 5.90. The maximum atomic E-state index is 14.3. The van der Waals surface area contributed by atoms with Gasteiger partial charge in [-0.25, -0.2) is 17.6 Å². The molecule has 1 aromatic carbocycles. The molecule has 1 aromatic rings. The number of sulfonamides is 1. The quantitative estimate of drug-likeness (QED) is 0.469. The number of amides is 1. The highest BCUT2D eigenvalue weighted by Crippen LogP contribution is 2.28. The average molecular weight is 416 g/mol. The molecule has 1 unspecified atom stereocenters. The number of nitrogens with one attached hydrogen (secondary N) is 2. The zero-order valence-corrected chi connectivity index (χ0v) is 16.4. The topological polar surface area (TPSA) is 102 Å². The summed E-state index contributed by atoms with van der Waals surface area (Å²) in [5.74, 6) is -1.46. The van der Waals surface area contributed by atoms with Crippen LogP contribution in [0.3, 0.4) is 0 Å². The summed E-state index contributed by atoms with van der Waals surface area (Å²) in [5.41, 5.74) is 0.288. The molecular weight excluding hydrogens is 395 g/mol. The number of benzene rings is 1. The third kappa shape index (κ3) is 5.70. The van der Waals surface area contributed by atoms with Gasteiger partial charge in [-0.2, -0.15) is 0 Å². The zero-order valence-electron chi connectivity index (χ0n) is 14.7. The molecular formula is C17H21FN2O5S2. The summed E-state index contributed by atoms with van der Waals surface area (Å²) in [6.07, 6.45) is 2.98. The van der Waals surface area contributed by atoms with Crippen LogP contribution in [0.4, 0.5) is 14.9 Å². The number of rotatable bonds is 7. The Hall–Kier alpha value is -2.07. The van der Waals surface area contributed by atoms with Crippen molar-refractivity contribution in [1.82, 2.24) is 5.32 Å². The SMILES string of the molecule is CCOC(=O)C1=CCCCC1S(=O)(=O)Nc1ccc(CNC(=O)S)cc1F. The van der Waals surface area contributed by atoms with Crippen LogP contribution in [0.15, 0.2) is 29.8 Å². The Bertz CT molecular complexity index is 855. The molecule has 0 aromatic heterocycles. The smallest absolute Gasteiger partial charge is 0.335 e. The van der Waals surface area contributed by atoms with Crippen LogP contribution in [0.25, 0.3) is 0 Å². The van der Waals surface area contributed by atoms with E-state index in [0.717, 1.165) is 6.07 Å². The summed E-state index contributed by atoms with van der Waals surface area (Å²) in [6, 6.07) is 3.86. The number of anilines is 1. The first-order chi connectivity index (χ1) is 12.7. The number of hydrogen-bond acceptors (Lipinski definition) is 5. The molecule has 1 amide bonds. The van der Waals surface area contributed by atoms with Gasteiger partial charge in [0.25, 0.3) is 5.24 Å². The summed E-state index contributed by atoms with van der Waals surface area (Å²) in [4.78, 5) is 22.8. The number of ether oxygens (including phenoxy) is 1. The van der Waals surface area contributed by atoms with Crippen molar-refractivity contribution in [3.8, 4) is 0 Å². The third-order valence-electron chi connectivity index (χ3n) is 4.00. The second-order valence-corrected chi connectivity index (χ2v) is 8.19. The van der Waals surface area contributed by atoms with E-state index in [0.29, 0.717) is 18.4 Å². The maximum absolute atomic E-state index is 14.3. The Morgan fingerprint density at radius 3 is 2.74 bits per heavy atom. The monoisotopic (exact) mass is 416 g/mol. The van der Waals surface area contributed by atoms with Crippen molar-refractivity contribution >= 4 is 39.5 Å². The van der Waals surface area contributed by atoms with Gasteiger partial charge in [0.1, 0.15) is 11.1 Å². The van der Waals surface area contributed by atoms with E-state index in [4.69, 9.17) is 4.74 Å². The standard InChI is InChI=1S/C17H21FN2O5S2/c1-2-25-16(21)12-5-3-4-6-15(12)27(23,24)20-14-8-7-11(9-13(14)18)10-19-17(22)26/h5,7-9,15,20H,2-4,6,10H2,1H3,(H2,19,22,26). The van der Waals surface area contributed by atoms with Gasteiger partial charge < -0.3 is 10.1 Å². The van der Waals surface area contributed by atoms with Crippen LogP contribution in [-0.4, -0.2) is 31.5 Å². The molecule has 2 N–H and O–H groups in total. The van der Waals surface area contributed by atoms with Crippen LogP contribution in [0.5, 0.6) is 0 Å². The maximum Gasteiger partial charge on any atom is 0.335 e. The average Bonchev–Trinajstić information content (AvgIpc) is 2.62. The Morgan fingerprint density at radius 2 is 2.11 bits per heavy atom. The van der Waals surface area contributed by atoms with Crippen LogP contribution < -0.4 is 10.0 Å². The molecule has 1 aliphatic rings. The molecule has 0 saturated heterocycles. The van der Waals surface area contributed by atoms with Gasteiger partial charge in [0.05, 0.1) is 17.9 Å². The molecule has 0 bridgehead atoms. The molecule has 0 spiro atoms. The minimum Gasteiger partial charge on any atom is -0.463 e. The van der Waals surface area contributed by atoms with Crippen molar-refractivity contribution in [1.29, 1.82) is 0 Å². The molecule has 27 heavy (non-hydrogen) atoms. The summed E-state index contributed by atoms with van der Waals surface area (Å²) in [6.45, 7) is 1.83. The van der Waals surface area contributed by atoms with Gasteiger partial charge in [-0.1, -0.05) is 24.8 Å². The van der Waals surface area contributed by atoms with Gasteiger partial charge in [-0.05, 0) is 43.9 Å². The highest BCUT2D eigenvalue weighted by molar-refractivity contribution is 7.96. The van der Waals surface area contributed by atoms with E-state index in [-0.39, 0.29) is 30.8 Å². The van der Waals surface area contributed by atoms with Crippen LogP contribution in [-0.2, 0) is 26.1 Å². The van der Waals surface area contributed by atoms with Crippen LogP contribution in [0, 0.1) is 5.82 Å². The molecule has 0 fully saturated rings. The lowest BCUT2D eigenvalue weighted by Gasteiger charge is -2.24. The van der Waals surface area contributed by atoms with E-state index in [1.807, 2.05) is 0 Å². The Balaban J connectivity index is 2.19. The van der Waals surface area contributed by atoms with E-state index in [1.165, 1.54) is 12.1 Å². The largest absolute Gasteiger partial charge is 0.463 e. The number of esters is 1.